The van der Waals surface area contributed by atoms with Crippen LogP contribution in [0.15, 0.2) is 35.9 Å². The molecule has 4 heteroatoms. The number of aromatic hydroxyl groups is 1. The SMILES string of the molecule is CC1=[C-]CC=C1.Cc1cc(C)cc(O)c1.[Cl-].[Cl-].[Ti]. The molecule has 1 nitrogen and oxygen atoms in total. The molecular formula is C14H17Cl2OTi-3. The minimum Gasteiger partial charge on any atom is -1.00 e. The molecule has 0 bridgehead atoms. The van der Waals surface area contributed by atoms with E-state index in [1.165, 1.54) is 5.57 Å². The van der Waals surface area contributed by atoms with Crippen molar-refractivity contribution in [1.82, 2.24) is 0 Å². The molecule has 1 aliphatic carbocycles. The van der Waals surface area contributed by atoms with Crippen LogP contribution in [0.25, 0.3) is 0 Å². The Balaban J connectivity index is -0.000000225. The van der Waals surface area contributed by atoms with E-state index in [2.05, 4.69) is 25.2 Å². The van der Waals surface area contributed by atoms with Gasteiger partial charge in [0.2, 0.25) is 0 Å². The summed E-state index contributed by atoms with van der Waals surface area (Å²) in [6.07, 6.45) is 8.33. The van der Waals surface area contributed by atoms with Crippen molar-refractivity contribution in [3.8, 4) is 5.75 Å². The van der Waals surface area contributed by atoms with Gasteiger partial charge in [-0.25, -0.2) is 11.6 Å². The Morgan fingerprint density at radius 1 is 1.00 bits per heavy atom. The minimum atomic E-state index is 0. The monoisotopic (exact) mass is 319 g/mol. The largest absolute Gasteiger partial charge is 1.00 e. The summed E-state index contributed by atoms with van der Waals surface area (Å²) in [4.78, 5) is 0. The molecule has 1 aliphatic rings. The number of phenolic OH excluding ortho intramolecular Hbond substituents is 1. The zero-order chi connectivity index (χ0) is 11.3. The van der Waals surface area contributed by atoms with Crippen LogP contribution in [0.5, 0.6) is 5.75 Å². The third-order valence-corrected chi connectivity index (χ3v) is 2.07. The van der Waals surface area contributed by atoms with Gasteiger partial charge in [0.25, 0.3) is 0 Å². The van der Waals surface area contributed by atoms with E-state index in [1.807, 2.05) is 19.9 Å². The Bertz CT molecular complexity index is 348. The van der Waals surface area contributed by atoms with E-state index in [9.17, 15) is 0 Å². The summed E-state index contributed by atoms with van der Waals surface area (Å²) in [6, 6.07) is 5.51. The zero-order valence-corrected chi connectivity index (χ0v) is 13.9. The van der Waals surface area contributed by atoms with E-state index in [0.29, 0.717) is 5.75 Å². The molecule has 0 aromatic heterocycles. The van der Waals surface area contributed by atoms with E-state index in [4.69, 9.17) is 5.11 Å². The van der Waals surface area contributed by atoms with Crippen molar-refractivity contribution in [2.24, 2.45) is 0 Å². The second kappa shape index (κ2) is 11.9. The van der Waals surface area contributed by atoms with Crippen LogP contribution in [0, 0.1) is 19.9 Å². The number of hydrogen-bond donors (Lipinski definition) is 1. The van der Waals surface area contributed by atoms with E-state index in [-0.39, 0.29) is 46.5 Å². The van der Waals surface area contributed by atoms with Gasteiger partial charge < -0.3 is 29.9 Å². The summed E-state index contributed by atoms with van der Waals surface area (Å²) in [5.74, 6) is 0.354. The molecule has 2 rings (SSSR count). The van der Waals surface area contributed by atoms with Crippen LogP contribution in [0.1, 0.15) is 24.5 Å². The zero-order valence-electron chi connectivity index (χ0n) is 10.8. The molecule has 100 valence electrons. The van der Waals surface area contributed by atoms with Gasteiger partial charge in [-0.1, -0.05) is 13.0 Å². The fourth-order valence-electron chi connectivity index (χ4n) is 1.47. The minimum absolute atomic E-state index is 0. The van der Waals surface area contributed by atoms with Gasteiger partial charge in [0.1, 0.15) is 5.75 Å². The van der Waals surface area contributed by atoms with Crippen molar-refractivity contribution >= 4 is 0 Å². The molecule has 1 aromatic carbocycles. The molecule has 0 amide bonds. The van der Waals surface area contributed by atoms with Crippen LogP contribution < -0.4 is 24.8 Å². The Kier molecular flexibility index (Phi) is 15.1. The van der Waals surface area contributed by atoms with Crippen molar-refractivity contribution in [3.63, 3.8) is 0 Å². The average molecular weight is 320 g/mol. The van der Waals surface area contributed by atoms with Gasteiger partial charge in [0.05, 0.1) is 0 Å². The first-order valence-corrected chi connectivity index (χ1v) is 5.09. The van der Waals surface area contributed by atoms with Gasteiger partial charge in [-0.3, -0.25) is 6.08 Å². The summed E-state index contributed by atoms with van der Waals surface area (Å²) in [6.45, 7) is 5.99. The number of aryl methyl sites for hydroxylation is 2. The molecule has 18 heavy (non-hydrogen) atoms. The molecule has 0 heterocycles. The number of benzene rings is 1. The molecule has 0 atom stereocenters. The van der Waals surface area contributed by atoms with Gasteiger partial charge in [0, 0.05) is 21.7 Å². The summed E-state index contributed by atoms with van der Waals surface area (Å²) in [5.41, 5.74) is 3.48. The van der Waals surface area contributed by atoms with E-state index < -0.39 is 0 Å². The average Bonchev–Trinajstić information content (AvgIpc) is 2.54. The molecule has 1 aromatic rings. The van der Waals surface area contributed by atoms with Crippen LogP contribution in [-0.4, -0.2) is 5.11 Å². The van der Waals surface area contributed by atoms with Crippen molar-refractivity contribution in [3.05, 3.63) is 53.1 Å². The first-order chi connectivity index (χ1) is 7.08. The summed E-state index contributed by atoms with van der Waals surface area (Å²) in [5, 5.41) is 8.99. The predicted molar refractivity (Wildman–Crippen MR) is 63.8 cm³/mol. The molecule has 0 spiro atoms. The molecule has 0 radical (unpaired) electrons. The molecule has 0 unspecified atom stereocenters. The van der Waals surface area contributed by atoms with E-state index >= 15 is 0 Å². The van der Waals surface area contributed by atoms with Crippen molar-refractivity contribution in [1.29, 1.82) is 0 Å². The Hall–Kier alpha value is -0.206. The summed E-state index contributed by atoms with van der Waals surface area (Å²) < 4.78 is 0. The smallest absolute Gasteiger partial charge is 0.116 e. The fourth-order valence-corrected chi connectivity index (χ4v) is 1.47. The number of phenols is 1. The van der Waals surface area contributed by atoms with Crippen molar-refractivity contribution in [2.45, 2.75) is 27.2 Å². The second-order valence-electron chi connectivity index (χ2n) is 3.81. The number of halogens is 2. The molecular weight excluding hydrogens is 303 g/mol. The second-order valence-corrected chi connectivity index (χ2v) is 3.81. The van der Waals surface area contributed by atoms with Gasteiger partial charge in [-0.05, 0) is 37.1 Å². The first-order valence-electron chi connectivity index (χ1n) is 5.09. The Labute approximate surface area is 137 Å². The van der Waals surface area contributed by atoms with E-state index in [1.54, 1.807) is 12.1 Å². The van der Waals surface area contributed by atoms with Gasteiger partial charge in [-0.2, -0.15) is 6.08 Å². The molecule has 0 fully saturated rings. The topological polar surface area (TPSA) is 20.2 Å². The predicted octanol–water partition coefficient (Wildman–Crippen LogP) is -2.29. The van der Waals surface area contributed by atoms with Crippen molar-refractivity contribution < 1.29 is 51.6 Å². The first kappa shape index (κ1) is 22.9. The van der Waals surface area contributed by atoms with Crippen LogP contribution in [0.2, 0.25) is 0 Å². The molecule has 0 saturated heterocycles. The van der Waals surface area contributed by atoms with Crippen LogP contribution >= 0.6 is 0 Å². The number of hydrogen-bond acceptors (Lipinski definition) is 1. The molecule has 0 saturated carbocycles. The maximum Gasteiger partial charge on any atom is 0.116 e. The van der Waals surface area contributed by atoms with Crippen LogP contribution in [0.3, 0.4) is 0 Å². The molecule has 0 aliphatic heterocycles. The van der Waals surface area contributed by atoms with E-state index in [0.717, 1.165) is 17.5 Å². The standard InChI is InChI=1S/C8H10O.C6H7.2ClH.Ti/c1-6-3-7(2)5-8(9)4-6;1-6-4-2-3-5-6;;;/h3-5,9H,1-2H3;2,4H,3H2,1H3;2*1H;/q;-1;;;/p-2. The molecule has 1 N–H and O–H groups in total. The van der Waals surface area contributed by atoms with Crippen molar-refractivity contribution in [2.75, 3.05) is 0 Å². The maximum absolute atomic E-state index is 8.99. The Morgan fingerprint density at radius 2 is 1.50 bits per heavy atom. The summed E-state index contributed by atoms with van der Waals surface area (Å²) >= 11 is 0. The third kappa shape index (κ3) is 9.79. The van der Waals surface area contributed by atoms with Gasteiger partial charge >= 0.3 is 0 Å². The third-order valence-electron chi connectivity index (χ3n) is 2.07. The quantitative estimate of drug-likeness (QED) is 0.422. The van der Waals surface area contributed by atoms with Crippen LogP contribution in [0.4, 0.5) is 0 Å². The fraction of sp³-hybridized carbons (Fsp3) is 0.286. The van der Waals surface area contributed by atoms with Gasteiger partial charge in [-0.15, -0.1) is 6.42 Å². The Morgan fingerprint density at radius 3 is 1.72 bits per heavy atom. The van der Waals surface area contributed by atoms with Crippen LogP contribution in [-0.2, 0) is 21.7 Å². The number of allylic oxidation sites excluding steroid dienone is 4. The summed E-state index contributed by atoms with van der Waals surface area (Å²) in [7, 11) is 0. The normalized spacial score (nSPS) is 10.9. The maximum atomic E-state index is 8.99. The van der Waals surface area contributed by atoms with Gasteiger partial charge in [0.15, 0.2) is 0 Å². The number of rotatable bonds is 0.